The topological polar surface area (TPSA) is 100 Å². The number of piperidine rings is 2. The fourth-order valence-electron chi connectivity index (χ4n) is 5.51. The molecule has 0 aromatic carbocycles. The van der Waals surface area contributed by atoms with E-state index in [2.05, 4.69) is 40.4 Å². The van der Waals surface area contributed by atoms with Crippen molar-refractivity contribution < 1.29 is 4.79 Å². The molecule has 0 unspecified atom stereocenters. The molecule has 0 bridgehead atoms. The van der Waals surface area contributed by atoms with Crippen molar-refractivity contribution >= 4 is 35.3 Å². The molecule has 5 rings (SSSR count). The Morgan fingerprint density at radius 3 is 2.58 bits per heavy atom. The lowest BCUT2D eigenvalue weighted by molar-refractivity contribution is -0.120. The first-order chi connectivity index (χ1) is 15.7. The summed E-state index contributed by atoms with van der Waals surface area (Å²) in [5, 5.41) is 10.0. The molecular weight excluding hydrogens is 440 g/mol. The van der Waals surface area contributed by atoms with Gasteiger partial charge in [0.15, 0.2) is 11.5 Å². The molecule has 1 aliphatic carbocycles. The Balaban J connectivity index is 0.00000259. The summed E-state index contributed by atoms with van der Waals surface area (Å²) in [6.07, 6.45) is 10.5. The number of halogens is 1. The minimum atomic E-state index is 0. The van der Waals surface area contributed by atoms with Crippen LogP contribution in [0, 0.1) is 11.8 Å². The van der Waals surface area contributed by atoms with Crippen LogP contribution in [0.4, 0.5) is 5.82 Å². The highest BCUT2D eigenvalue weighted by Crippen LogP contribution is 2.35. The zero-order valence-electron chi connectivity index (χ0n) is 19.5. The summed E-state index contributed by atoms with van der Waals surface area (Å²) >= 11 is 0. The van der Waals surface area contributed by atoms with Gasteiger partial charge in [0.2, 0.25) is 5.91 Å². The molecule has 182 valence electrons. The normalized spacial score (nSPS) is 24.8. The standard InChI is InChI=1S/C23H36N8O.ClH/c1-16(32)29-19-10-20(11-19)31-15-28-21-22(26-14-27-23(21)31)25-12-17-4-8-30(9-5-17)13-18-2-6-24-7-3-18;/h14-15,17-20,24H,2-13H2,1H3,(H,29,32)(H,25,26,27);1H. The van der Waals surface area contributed by atoms with Crippen molar-refractivity contribution in [2.75, 3.05) is 44.6 Å². The Hall–Kier alpha value is -1.97. The second-order valence-electron chi connectivity index (χ2n) is 9.89. The second kappa shape index (κ2) is 11.0. The fraction of sp³-hybridized carbons (Fsp3) is 0.739. The van der Waals surface area contributed by atoms with E-state index >= 15 is 0 Å². The van der Waals surface area contributed by atoms with E-state index < -0.39 is 0 Å². The zero-order chi connectivity index (χ0) is 21.9. The van der Waals surface area contributed by atoms with Crippen LogP contribution in [0.15, 0.2) is 12.7 Å². The first-order valence-corrected chi connectivity index (χ1v) is 12.3. The number of amides is 1. The molecule has 0 spiro atoms. The minimum Gasteiger partial charge on any atom is -0.368 e. The third kappa shape index (κ3) is 5.75. The van der Waals surface area contributed by atoms with Gasteiger partial charge in [0, 0.05) is 32.1 Å². The van der Waals surface area contributed by atoms with Crippen LogP contribution in [0.5, 0.6) is 0 Å². The van der Waals surface area contributed by atoms with Gasteiger partial charge in [-0.2, -0.15) is 0 Å². The van der Waals surface area contributed by atoms with E-state index in [0.717, 1.165) is 42.3 Å². The number of rotatable bonds is 7. The number of likely N-dealkylation sites (tertiary alicyclic amines) is 1. The van der Waals surface area contributed by atoms with Crippen molar-refractivity contribution in [1.82, 2.24) is 35.1 Å². The Kier molecular flexibility index (Phi) is 8.03. The molecule has 3 fully saturated rings. The van der Waals surface area contributed by atoms with Gasteiger partial charge in [-0.3, -0.25) is 4.79 Å². The van der Waals surface area contributed by atoms with Gasteiger partial charge in [-0.15, -0.1) is 12.4 Å². The summed E-state index contributed by atoms with van der Waals surface area (Å²) in [5.41, 5.74) is 1.73. The number of anilines is 1. The van der Waals surface area contributed by atoms with E-state index in [9.17, 15) is 4.79 Å². The van der Waals surface area contributed by atoms with Crippen molar-refractivity contribution in [3.8, 4) is 0 Å². The summed E-state index contributed by atoms with van der Waals surface area (Å²) in [7, 11) is 0. The van der Waals surface area contributed by atoms with E-state index in [0.29, 0.717) is 12.0 Å². The van der Waals surface area contributed by atoms with Crippen LogP contribution in [0.3, 0.4) is 0 Å². The molecule has 2 aromatic rings. The predicted octanol–water partition coefficient (Wildman–Crippen LogP) is 2.21. The average Bonchev–Trinajstić information content (AvgIpc) is 3.20. The highest BCUT2D eigenvalue weighted by Gasteiger charge is 2.32. The first kappa shape index (κ1) is 24.2. The van der Waals surface area contributed by atoms with Crippen molar-refractivity contribution in [2.45, 2.75) is 57.5 Å². The van der Waals surface area contributed by atoms with Crippen molar-refractivity contribution in [3.63, 3.8) is 0 Å². The molecule has 4 heterocycles. The van der Waals surface area contributed by atoms with Crippen LogP contribution >= 0.6 is 12.4 Å². The maximum atomic E-state index is 11.2. The highest BCUT2D eigenvalue weighted by atomic mass is 35.5. The number of carbonyl (C=O) groups is 1. The summed E-state index contributed by atoms with van der Waals surface area (Å²) in [6.45, 7) is 8.57. The van der Waals surface area contributed by atoms with Gasteiger partial charge in [-0.25, -0.2) is 15.0 Å². The lowest BCUT2D eigenvalue weighted by Gasteiger charge is -2.36. The number of aromatic nitrogens is 4. The van der Waals surface area contributed by atoms with Crippen LogP contribution in [-0.2, 0) is 4.79 Å². The molecule has 10 heteroatoms. The molecular formula is C23H37ClN8O. The average molecular weight is 477 g/mol. The van der Waals surface area contributed by atoms with Crippen LogP contribution in [0.2, 0.25) is 0 Å². The molecule has 1 amide bonds. The summed E-state index contributed by atoms with van der Waals surface area (Å²) < 4.78 is 2.14. The largest absolute Gasteiger partial charge is 0.368 e. The Morgan fingerprint density at radius 1 is 1.09 bits per heavy atom. The predicted molar refractivity (Wildman–Crippen MR) is 132 cm³/mol. The van der Waals surface area contributed by atoms with Crippen LogP contribution in [-0.4, -0.2) is 75.6 Å². The second-order valence-corrected chi connectivity index (χ2v) is 9.89. The number of fused-ring (bicyclic) bond motifs is 1. The molecule has 0 radical (unpaired) electrons. The van der Waals surface area contributed by atoms with E-state index in [-0.39, 0.29) is 24.4 Å². The fourth-order valence-corrected chi connectivity index (χ4v) is 5.51. The van der Waals surface area contributed by atoms with E-state index in [1.165, 1.54) is 58.4 Å². The van der Waals surface area contributed by atoms with Crippen molar-refractivity contribution in [1.29, 1.82) is 0 Å². The molecule has 3 N–H and O–H groups in total. The van der Waals surface area contributed by atoms with E-state index in [1.807, 2.05) is 6.33 Å². The third-order valence-corrected chi connectivity index (χ3v) is 7.51. The van der Waals surface area contributed by atoms with Gasteiger partial charge < -0.3 is 25.4 Å². The summed E-state index contributed by atoms with van der Waals surface area (Å²) in [5.74, 6) is 2.43. The lowest BCUT2D eigenvalue weighted by Crippen LogP contribution is -2.44. The molecule has 9 nitrogen and oxygen atoms in total. The van der Waals surface area contributed by atoms with Crippen LogP contribution in [0.1, 0.15) is 51.5 Å². The maximum Gasteiger partial charge on any atom is 0.217 e. The minimum absolute atomic E-state index is 0. The third-order valence-electron chi connectivity index (χ3n) is 7.51. The van der Waals surface area contributed by atoms with Gasteiger partial charge in [0.25, 0.3) is 0 Å². The van der Waals surface area contributed by atoms with Crippen LogP contribution < -0.4 is 16.0 Å². The number of hydrogen-bond acceptors (Lipinski definition) is 7. The molecule has 1 saturated carbocycles. The molecule has 3 aliphatic rings. The quantitative estimate of drug-likeness (QED) is 0.563. The van der Waals surface area contributed by atoms with Crippen molar-refractivity contribution in [3.05, 3.63) is 12.7 Å². The van der Waals surface area contributed by atoms with Gasteiger partial charge in [0.05, 0.1) is 6.33 Å². The smallest absolute Gasteiger partial charge is 0.217 e. The SMILES string of the molecule is CC(=O)NC1CC(n2cnc3c(NCC4CCN(CC5CCNCC5)CC4)ncnc32)C1.Cl. The number of carbonyl (C=O) groups excluding carboxylic acids is 1. The Bertz CT molecular complexity index is 916. The first-order valence-electron chi connectivity index (χ1n) is 12.3. The van der Waals surface area contributed by atoms with Crippen LogP contribution in [0.25, 0.3) is 11.2 Å². The Morgan fingerprint density at radius 2 is 1.85 bits per heavy atom. The number of hydrogen-bond donors (Lipinski definition) is 3. The highest BCUT2D eigenvalue weighted by molar-refractivity contribution is 5.85. The van der Waals surface area contributed by atoms with E-state index in [4.69, 9.17) is 0 Å². The molecule has 0 atom stereocenters. The summed E-state index contributed by atoms with van der Waals surface area (Å²) in [6, 6.07) is 0.596. The summed E-state index contributed by atoms with van der Waals surface area (Å²) in [4.78, 5) is 27.5. The van der Waals surface area contributed by atoms with E-state index in [1.54, 1.807) is 13.3 Å². The zero-order valence-corrected chi connectivity index (χ0v) is 20.3. The van der Waals surface area contributed by atoms with Gasteiger partial charge in [-0.1, -0.05) is 0 Å². The molecule has 2 aromatic heterocycles. The number of nitrogens with zero attached hydrogens (tertiary/aromatic N) is 5. The Labute approximate surface area is 201 Å². The number of imidazole rings is 1. The molecule has 2 saturated heterocycles. The van der Waals surface area contributed by atoms with Gasteiger partial charge >= 0.3 is 0 Å². The van der Waals surface area contributed by atoms with Crippen molar-refractivity contribution in [2.24, 2.45) is 11.8 Å². The van der Waals surface area contributed by atoms with Gasteiger partial charge in [0.1, 0.15) is 11.8 Å². The maximum absolute atomic E-state index is 11.2. The monoisotopic (exact) mass is 476 g/mol. The molecule has 33 heavy (non-hydrogen) atoms. The molecule has 2 aliphatic heterocycles. The number of nitrogens with one attached hydrogen (secondary N) is 3. The lowest BCUT2D eigenvalue weighted by atomic mass is 9.86. The van der Waals surface area contributed by atoms with Gasteiger partial charge in [-0.05, 0) is 76.5 Å².